The Balaban J connectivity index is 3.28. The van der Waals surface area contributed by atoms with Crippen LogP contribution in [0.2, 0.25) is 0 Å². The normalized spacial score (nSPS) is 10.2. The number of nitrogens with zero attached hydrogens (tertiary/aromatic N) is 3. The van der Waals surface area contributed by atoms with E-state index in [9.17, 15) is 10.1 Å². The molecule has 0 unspecified atom stereocenters. The molecule has 0 aliphatic carbocycles. The summed E-state index contributed by atoms with van der Waals surface area (Å²) in [5.41, 5.74) is 0.326. The van der Waals surface area contributed by atoms with Crippen LogP contribution in [0.25, 0.3) is 0 Å². The minimum atomic E-state index is -0.512. The molecule has 0 saturated carbocycles. The fourth-order valence-corrected chi connectivity index (χ4v) is 1.08. The third-order valence-electron chi connectivity index (χ3n) is 1.64. The summed E-state index contributed by atoms with van der Waals surface area (Å²) in [6, 6.07) is 0. The van der Waals surface area contributed by atoms with Gasteiger partial charge in [0.2, 0.25) is 5.82 Å². The van der Waals surface area contributed by atoms with Crippen LogP contribution in [0.5, 0.6) is 0 Å². The number of imidazole rings is 1. The summed E-state index contributed by atoms with van der Waals surface area (Å²) in [5.74, 6) is 0.234. The van der Waals surface area contributed by atoms with Crippen LogP contribution in [0, 0.1) is 17.0 Å². The van der Waals surface area contributed by atoms with Crippen molar-refractivity contribution in [2.75, 3.05) is 0 Å². The largest absolute Gasteiger partial charge is 0.386 e. The minimum absolute atomic E-state index is 0.0703. The van der Waals surface area contributed by atoms with Crippen LogP contribution in [0.15, 0.2) is 0 Å². The molecule has 1 aromatic heterocycles. The van der Waals surface area contributed by atoms with E-state index in [1.54, 1.807) is 0 Å². The summed E-state index contributed by atoms with van der Waals surface area (Å²) < 4.78 is 1.27. The summed E-state index contributed by atoms with van der Waals surface area (Å²) in [5, 5.41) is 19.2. The van der Waals surface area contributed by atoms with E-state index in [1.165, 1.54) is 18.5 Å². The number of aryl methyl sites for hydroxylation is 1. The molecule has 0 atom stereocenters. The SMILES string of the molecule is Cc1nc(CO)n(C)c1[N+](=O)[O-]. The lowest BCUT2D eigenvalue weighted by atomic mass is 10.5. The highest BCUT2D eigenvalue weighted by Gasteiger charge is 2.20. The molecule has 12 heavy (non-hydrogen) atoms. The molecule has 0 bridgehead atoms. The van der Waals surface area contributed by atoms with Crippen molar-refractivity contribution < 1.29 is 10.0 Å². The highest BCUT2D eigenvalue weighted by Crippen LogP contribution is 2.17. The molecule has 1 N–H and O–H groups in total. The van der Waals surface area contributed by atoms with E-state index >= 15 is 0 Å². The fraction of sp³-hybridized carbons (Fsp3) is 0.500. The smallest absolute Gasteiger partial charge is 0.345 e. The second-order valence-corrected chi connectivity index (χ2v) is 2.41. The van der Waals surface area contributed by atoms with Crippen LogP contribution < -0.4 is 0 Å². The van der Waals surface area contributed by atoms with Crippen molar-refractivity contribution in [2.24, 2.45) is 7.05 Å². The molecule has 0 spiro atoms. The van der Waals surface area contributed by atoms with E-state index in [1.807, 2.05) is 0 Å². The van der Waals surface area contributed by atoms with Crippen molar-refractivity contribution in [2.45, 2.75) is 13.5 Å². The third-order valence-corrected chi connectivity index (χ3v) is 1.64. The maximum absolute atomic E-state index is 10.4. The lowest BCUT2D eigenvalue weighted by molar-refractivity contribution is -0.392. The molecule has 6 nitrogen and oxygen atoms in total. The number of hydrogen-bond donors (Lipinski definition) is 1. The first-order valence-electron chi connectivity index (χ1n) is 3.35. The number of aliphatic hydroxyl groups is 1. The average Bonchev–Trinajstić information content (AvgIpc) is 2.25. The topological polar surface area (TPSA) is 81.2 Å². The molecule has 1 rings (SSSR count). The summed E-state index contributed by atoms with van der Waals surface area (Å²) in [7, 11) is 1.50. The predicted octanol–water partition coefficient (Wildman–Crippen LogP) is 0.129. The highest BCUT2D eigenvalue weighted by molar-refractivity contribution is 5.28. The van der Waals surface area contributed by atoms with Crippen LogP contribution in [-0.4, -0.2) is 19.6 Å². The first-order chi connectivity index (χ1) is 5.57. The van der Waals surface area contributed by atoms with E-state index in [-0.39, 0.29) is 12.4 Å². The van der Waals surface area contributed by atoms with Crippen LogP contribution in [0.3, 0.4) is 0 Å². The maximum Gasteiger partial charge on any atom is 0.345 e. The van der Waals surface area contributed by atoms with Crippen LogP contribution >= 0.6 is 0 Å². The Hall–Kier alpha value is -1.43. The van der Waals surface area contributed by atoms with E-state index in [0.29, 0.717) is 11.5 Å². The Morgan fingerprint density at radius 1 is 1.75 bits per heavy atom. The van der Waals surface area contributed by atoms with Gasteiger partial charge in [-0.15, -0.1) is 0 Å². The lowest BCUT2D eigenvalue weighted by Crippen LogP contribution is -2.01. The Kier molecular flexibility index (Phi) is 2.09. The number of hydrogen-bond acceptors (Lipinski definition) is 4. The summed E-state index contributed by atoms with van der Waals surface area (Å²) >= 11 is 0. The van der Waals surface area contributed by atoms with Crippen LogP contribution in [0.1, 0.15) is 11.5 Å². The molecular formula is C6H9N3O3. The van der Waals surface area contributed by atoms with Crippen LogP contribution in [-0.2, 0) is 13.7 Å². The van der Waals surface area contributed by atoms with Crippen molar-refractivity contribution in [1.82, 2.24) is 9.55 Å². The quantitative estimate of drug-likeness (QED) is 0.506. The zero-order valence-corrected chi connectivity index (χ0v) is 6.81. The van der Waals surface area contributed by atoms with Crippen molar-refractivity contribution >= 4 is 5.82 Å². The Morgan fingerprint density at radius 2 is 2.33 bits per heavy atom. The van der Waals surface area contributed by atoms with Gasteiger partial charge in [0.1, 0.15) is 12.3 Å². The van der Waals surface area contributed by atoms with Gasteiger partial charge in [-0.25, -0.2) is 9.55 Å². The van der Waals surface area contributed by atoms with E-state index in [4.69, 9.17) is 5.11 Å². The van der Waals surface area contributed by atoms with Crippen molar-refractivity contribution in [3.8, 4) is 0 Å². The number of rotatable bonds is 2. The Labute approximate surface area is 68.6 Å². The molecule has 1 aromatic rings. The second-order valence-electron chi connectivity index (χ2n) is 2.41. The lowest BCUT2D eigenvalue weighted by Gasteiger charge is -1.95. The zero-order chi connectivity index (χ0) is 9.30. The number of aromatic nitrogens is 2. The maximum atomic E-state index is 10.4. The highest BCUT2D eigenvalue weighted by atomic mass is 16.6. The first kappa shape index (κ1) is 8.66. The molecule has 0 amide bonds. The molecule has 6 heteroatoms. The van der Waals surface area contributed by atoms with Crippen molar-refractivity contribution in [1.29, 1.82) is 0 Å². The van der Waals surface area contributed by atoms with E-state index in [0.717, 1.165) is 0 Å². The van der Waals surface area contributed by atoms with Gasteiger partial charge in [-0.05, 0) is 11.8 Å². The zero-order valence-electron chi connectivity index (χ0n) is 6.81. The van der Waals surface area contributed by atoms with Gasteiger partial charge in [-0.1, -0.05) is 0 Å². The van der Waals surface area contributed by atoms with E-state index in [2.05, 4.69) is 4.98 Å². The third kappa shape index (κ3) is 1.16. The molecule has 0 aromatic carbocycles. The second kappa shape index (κ2) is 2.90. The molecule has 0 aliphatic heterocycles. The van der Waals surface area contributed by atoms with E-state index < -0.39 is 4.92 Å². The standard InChI is InChI=1S/C6H9N3O3/c1-4-6(9(11)12)8(2)5(3-10)7-4/h10H,3H2,1-2H3. The minimum Gasteiger partial charge on any atom is -0.386 e. The molecule has 0 radical (unpaired) electrons. The fourth-order valence-electron chi connectivity index (χ4n) is 1.08. The first-order valence-corrected chi connectivity index (χ1v) is 3.35. The van der Waals surface area contributed by atoms with Gasteiger partial charge in [0.05, 0.1) is 7.05 Å². The summed E-state index contributed by atoms with van der Waals surface area (Å²) in [6.07, 6.45) is 0. The van der Waals surface area contributed by atoms with Gasteiger partial charge in [-0.3, -0.25) is 0 Å². The van der Waals surface area contributed by atoms with Gasteiger partial charge in [0, 0.05) is 0 Å². The van der Waals surface area contributed by atoms with Gasteiger partial charge < -0.3 is 15.2 Å². The van der Waals surface area contributed by atoms with Crippen molar-refractivity contribution in [3.63, 3.8) is 0 Å². The molecule has 0 aliphatic rings. The van der Waals surface area contributed by atoms with Crippen LogP contribution in [0.4, 0.5) is 5.82 Å². The summed E-state index contributed by atoms with van der Waals surface area (Å²) in [6.45, 7) is 1.25. The predicted molar refractivity (Wildman–Crippen MR) is 40.5 cm³/mol. The number of aliphatic hydroxyl groups excluding tert-OH is 1. The molecule has 0 saturated heterocycles. The van der Waals surface area contributed by atoms with Gasteiger partial charge >= 0.3 is 5.82 Å². The van der Waals surface area contributed by atoms with Crippen molar-refractivity contribution in [3.05, 3.63) is 21.6 Å². The molecule has 1 heterocycles. The molecular weight excluding hydrogens is 162 g/mol. The monoisotopic (exact) mass is 171 g/mol. The van der Waals surface area contributed by atoms with Gasteiger partial charge in [0.25, 0.3) is 0 Å². The Morgan fingerprint density at radius 3 is 2.58 bits per heavy atom. The summed E-state index contributed by atoms with van der Waals surface area (Å²) in [4.78, 5) is 13.7. The molecule has 66 valence electrons. The average molecular weight is 171 g/mol. The van der Waals surface area contributed by atoms with Gasteiger partial charge in [0.15, 0.2) is 0 Å². The number of nitro groups is 1. The van der Waals surface area contributed by atoms with Gasteiger partial charge in [-0.2, -0.15) is 0 Å². The Bertz CT molecular complexity index is 318. The molecule has 0 fully saturated rings.